The van der Waals surface area contributed by atoms with Crippen LogP contribution in [0, 0.1) is 0 Å². The SMILES string of the molecule is CCc1ccc(OCC(=O)NNC(=O)Nc2cccc(Cl)c2)cc1. The lowest BCUT2D eigenvalue weighted by atomic mass is 10.2. The number of amides is 3. The van der Waals surface area contributed by atoms with Gasteiger partial charge in [0.05, 0.1) is 0 Å². The highest BCUT2D eigenvalue weighted by Gasteiger charge is 2.06. The quantitative estimate of drug-likeness (QED) is 0.727. The number of benzene rings is 2. The van der Waals surface area contributed by atoms with Crippen LogP contribution >= 0.6 is 11.6 Å². The molecule has 0 bridgehead atoms. The number of urea groups is 1. The first-order chi connectivity index (χ1) is 11.6. The van der Waals surface area contributed by atoms with Crippen LogP contribution in [-0.4, -0.2) is 18.5 Å². The van der Waals surface area contributed by atoms with Crippen LogP contribution in [0.25, 0.3) is 0 Å². The Hall–Kier alpha value is -2.73. The second kappa shape index (κ2) is 8.79. The second-order valence-electron chi connectivity index (χ2n) is 4.92. The Balaban J connectivity index is 1.71. The zero-order valence-corrected chi connectivity index (χ0v) is 13.9. The van der Waals surface area contributed by atoms with Crippen molar-refractivity contribution in [2.75, 3.05) is 11.9 Å². The molecule has 126 valence electrons. The van der Waals surface area contributed by atoms with Crippen LogP contribution in [0.3, 0.4) is 0 Å². The third kappa shape index (κ3) is 5.81. The molecule has 0 aliphatic rings. The summed E-state index contributed by atoms with van der Waals surface area (Å²) in [5, 5.41) is 3.03. The van der Waals surface area contributed by atoms with E-state index < -0.39 is 11.9 Å². The maximum Gasteiger partial charge on any atom is 0.337 e. The summed E-state index contributed by atoms with van der Waals surface area (Å²) in [7, 11) is 0. The molecule has 2 aromatic carbocycles. The number of aryl methyl sites for hydroxylation is 1. The van der Waals surface area contributed by atoms with Crippen LogP contribution in [0.5, 0.6) is 5.75 Å². The van der Waals surface area contributed by atoms with Crippen LogP contribution in [0.4, 0.5) is 10.5 Å². The third-order valence-electron chi connectivity index (χ3n) is 3.10. The summed E-state index contributed by atoms with van der Waals surface area (Å²) in [6, 6.07) is 13.5. The zero-order chi connectivity index (χ0) is 17.4. The molecule has 7 heteroatoms. The summed E-state index contributed by atoms with van der Waals surface area (Å²) in [6.45, 7) is 1.85. The lowest BCUT2D eigenvalue weighted by Gasteiger charge is -2.10. The van der Waals surface area contributed by atoms with Gasteiger partial charge in [0.1, 0.15) is 5.75 Å². The summed E-state index contributed by atoms with van der Waals surface area (Å²) in [4.78, 5) is 23.3. The molecule has 3 amide bonds. The fourth-order valence-electron chi connectivity index (χ4n) is 1.86. The van der Waals surface area contributed by atoms with Gasteiger partial charge in [-0.2, -0.15) is 0 Å². The predicted octanol–water partition coefficient (Wildman–Crippen LogP) is 3.13. The Morgan fingerprint density at radius 2 is 1.83 bits per heavy atom. The van der Waals surface area contributed by atoms with Gasteiger partial charge in [-0.1, -0.05) is 36.7 Å². The number of hydrazine groups is 1. The van der Waals surface area contributed by atoms with Crippen molar-refractivity contribution in [1.29, 1.82) is 0 Å². The largest absolute Gasteiger partial charge is 0.484 e. The van der Waals surface area contributed by atoms with E-state index in [4.69, 9.17) is 16.3 Å². The van der Waals surface area contributed by atoms with Crippen LogP contribution in [0.2, 0.25) is 5.02 Å². The van der Waals surface area contributed by atoms with E-state index in [-0.39, 0.29) is 6.61 Å². The molecule has 0 atom stereocenters. The number of anilines is 1. The number of ether oxygens (including phenoxy) is 1. The van der Waals surface area contributed by atoms with Gasteiger partial charge in [-0.25, -0.2) is 10.2 Å². The number of hydrogen-bond donors (Lipinski definition) is 3. The standard InChI is InChI=1S/C17H18ClN3O3/c1-2-12-6-8-15(9-7-12)24-11-16(22)20-21-17(23)19-14-5-3-4-13(18)10-14/h3-10H,2,11H2,1H3,(H,20,22)(H2,19,21,23). The lowest BCUT2D eigenvalue weighted by Crippen LogP contribution is -2.45. The van der Waals surface area contributed by atoms with Crippen LogP contribution < -0.4 is 20.9 Å². The van der Waals surface area contributed by atoms with E-state index in [2.05, 4.69) is 23.1 Å². The van der Waals surface area contributed by atoms with Gasteiger partial charge in [-0.3, -0.25) is 10.2 Å². The fraction of sp³-hybridized carbons (Fsp3) is 0.176. The maximum absolute atomic E-state index is 11.7. The highest BCUT2D eigenvalue weighted by Crippen LogP contribution is 2.14. The molecule has 0 heterocycles. The molecule has 0 saturated carbocycles. The zero-order valence-electron chi connectivity index (χ0n) is 13.1. The molecule has 0 radical (unpaired) electrons. The summed E-state index contributed by atoms with van der Waals surface area (Å²) in [6.07, 6.45) is 0.937. The van der Waals surface area contributed by atoms with E-state index in [0.717, 1.165) is 6.42 Å². The third-order valence-corrected chi connectivity index (χ3v) is 3.33. The topological polar surface area (TPSA) is 79.5 Å². The van der Waals surface area contributed by atoms with Crippen molar-refractivity contribution in [3.8, 4) is 5.75 Å². The van der Waals surface area contributed by atoms with Gasteiger partial charge in [0, 0.05) is 10.7 Å². The molecular weight excluding hydrogens is 330 g/mol. The Labute approximate surface area is 145 Å². The first-order valence-electron chi connectivity index (χ1n) is 7.40. The van der Waals surface area contributed by atoms with Crippen molar-refractivity contribution in [1.82, 2.24) is 10.9 Å². The van der Waals surface area contributed by atoms with Crippen LogP contribution in [0.1, 0.15) is 12.5 Å². The first kappa shape index (κ1) is 17.6. The van der Waals surface area contributed by atoms with Gasteiger partial charge in [0.15, 0.2) is 6.61 Å². The van der Waals surface area contributed by atoms with Crippen molar-refractivity contribution in [2.45, 2.75) is 13.3 Å². The number of rotatable bonds is 5. The van der Waals surface area contributed by atoms with Gasteiger partial charge in [0.25, 0.3) is 5.91 Å². The molecule has 0 aliphatic carbocycles. The van der Waals surface area contributed by atoms with E-state index in [1.807, 2.05) is 12.1 Å². The van der Waals surface area contributed by atoms with Gasteiger partial charge in [0.2, 0.25) is 0 Å². The average molecular weight is 348 g/mol. The van der Waals surface area contributed by atoms with E-state index in [1.165, 1.54) is 5.56 Å². The van der Waals surface area contributed by atoms with E-state index in [9.17, 15) is 9.59 Å². The molecular formula is C17H18ClN3O3. The van der Waals surface area contributed by atoms with E-state index >= 15 is 0 Å². The van der Waals surface area contributed by atoms with Gasteiger partial charge in [-0.15, -0.1) is 0 Å². The number of halogens is 1. The van der Waals surface area contributed by atoms with Crippen molar-refractivity contribution >= 4 is 29.2 Å². The normalized spacial score (nSPS) is 9.92. The Morgan fingerprint density at radius 1 is 1.08 bits per heavy atom. The molecule has 0 unspecified atom stereocenters. The molecule has 0 fully saturated rings. The summed E-state index contributed by atoms with van der Waals surface area (Å²) < 4.78 is 5.33. The molecule has 0 aliphatic heterocycles. The number of nitrogens with one attached hydrogen (secondary N) is 3. The molecule has 2 aromatic rings. The van der Waals surface area contributed by atoms with E-state index in [1.54, 1.807) is 36.4 Å². The van der Waals surface area contributed by atoms with Gasteiger partial charge < -0.3 is 10.1 Å². The fourth-order valence-corrected chi connectivity index (χ4v) is 2.05. The lowest BCUT2D eigenvalue weighted by molar-refractivity contribution is -0.123. The summed E-state index contributed by atoms with van der Waals surface area (Å²) in [5.74, 6) is 0.113. The monoisotopic (exact) mass is 347 g/mol. The molecule has 0 saturated heterocycles. The summed E-state index contributed by atoms with van der Waals surface area (Å²) in [5.41, 5.74) is 6.18. The number of hydrogen-bond acceptors (Lipinski definition) is 3. The molecule has 6 nitrogen and oxygen atoms in total. The van der Waals surface area contributed by atoms with Crippen molar-refractivity contribution < 1.29 is 14.3 Å². The van der Waals surface area contributed by atoms with Crippen LogP contribution in [-0.2, 0) is 11.2 Å². The average Bonchev–Trinajstić information content (AvgIpc) is 2.58. The number of carbonyl (C=O) groups excluding carboxylic acids is 2. The molecule has 24 heavy (non-hydrogen) atoms. The smallest absolute Gasteiger partial charge is 0.337 e. The molecule has 0 spiro atoms. The minimum atomic E-state index is -0.585. The van der Waals surface area contributed by atoms with Gasteiger partial charge in [-0.05, 0) is 42.3 Å². The van der Waals surface area contributed by atoms with Crippen molar-refractivity contribution in [3.63, 3.8) is 0 Å². The number of carbonyl (C=O) groups is 2. The first-order valence-corrected chi connectivity index (χ1v) is 7.77. The summed E-state index contributed by atoms with van der Waals surface area (Å²) >= 11 is 5.82. The predicted molar refractivity (Wildman–Crippen MR) is 93.1 cm³/mol. The molecule has 3 N–H and O–H groups in total. The highest BCUT2D eigenvalue weighted by atomic mass is 35.5. The highest BCUT2D eigenvalue weighted by molar-refractivity contribution is 6.30. The van der Waals surface area contributed by atoms with Crippen molar-refractivity contribution in [3.05, 3.63) is 59.1 Å². The van der Waals surface area contributed by atoms with E-state index in [0.29, 0.717) is 16.5 Å². The minimum Gasteiger partial charge on any atom is -0.484 e. The Bertz CT molecular complexity index is 704. The Morgan fingerprint density at radius 3 is 2.50 bits per heavy atom. The minimum absolute atomic E-state index is 0.205. The molecule has 0 aromatic heterocycles. The van der Waals surface area contributed by atoms with Crippen molar-refractivity contribution in [2.24, 2.45) is 0 Å². The van der Waals surface area contributed by atoms with Gasteiger partial charge >= 0.3 is 6.03 Å². The Kier molecular flexibility index (Phi) is 6.45. The second-order valence-corrected chi connectivity index (χ2v) is 5.36. The van der Waals surface area contributed by atoms with Crippen LogP contribution in [0.15, 0.2) is 48.5 Å². The maximum atomic E-state index is 11.7. The molecule has 2 rings (SSSR count).